The van der Waals surface area contributed by atoms with Gasteiger partial charge in [0.1, 0.15) is 11.6 Å². The quantitative estimate of drug-likeness (QED) is 0.732. The first kappa shape index (κ1) is 15.8. The summed E-state index contributed by atoms with van der Waals surface area (Å²) < 4.78 is 1.69. The van der Waals surface area contributed by atoms with Gasteiger partial charge in [0.15, 0.2) is 0 Å². The van der Waals surface area contributed by atoms with Crippen LogP contribution >= 0.6 is 0 Å². The van der Waals surface area contributed by atoms with Crippen molar-refractivity contribution >= 4 is 0 Å². The predicted octanol–water partition coefficient (Wildman–Crippen LogP) is 4.05. The number of nitrogens with zero attached hydrogens (tertiary/aromatic N) is 2. The Morgan fingerprint density at radius 1 is 0.958 bits per heavy atom. The van der Waals surface area contributed by atoms with Crippen LogP contribution in [0.2, 0.25) is 0 Å². The second-order valence-electron chi connectivity index (χ2n) is 5.93. The van der Waals surface area contributed by atoms with Crippen LogP contribution in [0, 0.1) is 25.2 Å². The van der Waals surface area contributed by atoms with Crippen LogP contribution in [0.4, 0.5) is 0 Å². The van der Waals surface area contributed by atoms with Crippen molar-refractivity contribution in [3.63, 3.8) is 0 Å². The maximum absolute atomic E-state index is 12.7. The van der Waals surface area contributed by atoms with Crippen LogP contribution in [-0.2, 0) is 6.54 Å². The van der Waals surface area contributed by atoms with Crippen molar-refractivity contribution in [2.24, 2.45) is 0 Å². The largest absolute Gasteiger partial charge is 0.303 e. The van der Waals surface area contributed by atoms with E-state index >= 15 is 0 Å². The summed E-state index contributed by atoms with van der Waals surface area (Å²) in [5.41, 5.74) is 5.07. The molecule has 0 atom stereocenters. The van der Waals surface area contributed by atoms with Crippen molar-refractivity contribution in [1.29, 1.82) is 5.26 Å². The zero-order valence-electron chi connectivity index (χ0n) is 13.8. The maximum Gasteiger partial charge on any atom is 0.269 e. The summed E-state index contributed by atoms with van der Waals surface area (Å²) in [4.78, 5) is 12.7. The number of pyridine rings is 1. The molecule has 1 aromatic heterocycles. The van der Waals surface area contributed by atoms with Crippen molar-refractivity contribution < 1.29 is 0 Å². The molecule has 1 heterocycles. The molecule has 3 nitrogen and oxygen atoms in total. The summed E-state index contributed by atoms with van der Waals surface area (Å²) in [5, 5.41) is 9.20. The lowest BCUT2D eigenvalue weighted by Crippen LogP contribution is -2.24. The summed E-state index contributed by atoms with van der Waals surface area (Å²) in [6.45, 7) is 4.51. The van der Waals surface area contributed by atoms with Crippen LogP contribution in [0.5, 0.6) is 0 Å². The van der Waals surface area contributed by atoms with Crippen molar-refractivity contribution in [3.05, 3.63) is 93.3 Å². The van der Waals surface area contributed by atoms with E-state index in [0.717, 1.165) is 22.4 Å². The average Bonchev–Trinajstić information content (AvgIpc) is 2.59. The van der Waals surface area contributed by atoms with Gasteiger partial charge in [-0.15, -0.1) is 0 Å². The Morgan fingerprint density at radius 2 is 1.67 bits per heavy atom. The van der Waals surface area contributed by atoms with Crippen LogP contribution in [0.25, 0.3) is 11.3 Å². The molecule has 3 heteroatoms. The number of hydrogen-bond acceptors (Lipinski definition) is 2. The van der Waals surface area contributed by atoms with Crippen LogP contribution in [0.15, 0.2) is 65.5 Å². The smallest absolute Gasteiger partial charge is 0.269 e. The van der Waals surface area contributed by atoms with Crippen molar-refractivity contribution in [1.82, 2.24) is 4.57 Å². The molecule has 0 fully saturated rings. The lowest BCUT2D eigenvalue weighted by atomic mass is 10.1. The Hall–Kier alpha value is -3.12. The standard InChI is InChI=1S/C21H18N2O/c1-15-7-9-17(10-8-15)20-12-11-18(13-22)21(24)23(20)14-19-6-4-3-5-16(19)2/h3-12H,14H2,1-2H3. The molecule has 0 aliphatic carbocycles. The minimum absolute atomic E-state index is 0.166. The van der Waals surface area contributed by atoms with Gasteiger partial charge < -0.3 is 4.57 Å². The van der Waals surface area contributed by atoms with Gasteiger partial charge in [-0.05, 0) is 42.7 Å². The molecule has 0 saturated heterocycles. The number of hydrogen-bond donors (Lipinski definition) is 0. The Bertz CT molecular complexity index is 976. The Kier molecular flexibility index (Phi) is 4.31. The molecule has 0 aliphatic rings. The zero-order valence-corrected chi connectivity index (χ0v) is 13.8. The molecule has 118 valence electrons. The highest BCUT2D eigenvalue weighted by Crippen LogP contribution is 2.21. The number of aryl methyl sites for hydroxylation is 2. The highest BCUT2D eigenvalue weighted by atomic mass is 16.1. The molecule has 0 N–H and O–H groups in total. The van der Waals surface area contributed by atoms with Gasteiger partial charge in [-0.3, -0.25) is 4.79 Å². The summed E-state index contributed by atoms with van der Waals surface area (Å²) in [6, 6.07) is 21.5. The van der Waals surface area contributed by atoms with Gasteiger partial charge in [-0.1, -0.05) is 54.1 Å². The molecule has 3 aromatic rings. The Labute approximate surface area is 141 Å². The summed E-state index contributed by atoms with van der Waals surface area (Å²) >= 11 is 0. The topological polar surface area (TPSA) is 45.8 Å². The summed E-state index contributed by atoms with van der Waals surface area (Å²) in [6.07, 6.45) is 0. The van der Waals surface area contributed by atoms with Crippen LogP contribution in [0.1, 0.15) is 22.3 Å². The van der Waals surface area contributed by atoms with E-state index in [9.17, 15) is 10.1 Å². The lowest BCUT2D eigenvalue weighted by molar-refractivity contribution is 0.761. The van der Waals surface area contributed by atoms with Gasteiger partial charge in [-0.25, -0.2) is 0 Å². The zero-order chi connectivity index (χ0) is 17.1. The lowest BCUT2D eigenvalue weighted by Gasteiger charge is -2.15. The van der Waals surface area contributed by atoms with Gasteiger partial charge in [0.2, 0.25) is 0 Å². The van der Waals surface area contributed by atoms with Gasteiger partial charge in [-0.2, -0.15) is 5.26 Å². The van der Waals surface area contributed by atoms with Crippen molar-refractivity contribution in [3.8, 4) is 17.3 Å². The molecule has 0 spiro atoms. The third-order valence-electron chi connectivity index (χ3n) is 4.23. The van der Waals surface area contributed by atoms with E-state index in [4.69, 9.17) is 0 Å². The Balaban J connectivity index is 2.18. The van der Waals surface area contributed by atoms with E-state index in [-0.39, 0.29) is 11.1 Å². The van der Waals surface area contributed by atoms with Crippen LogP contribution < -0.4 is 5.56 Å². The van der Waals surface area contributed by atoms with E-state index in [1.807, 2.05) is 74.5 Å². The maximum atomic E-state index is 12.7. The first-order valence-electron chi connectivity index (χ1n) is 7.85. The molecule has 0 amide bonds. The van der Waals surface area contributed by atoms with E-state index in [1.165, 1.54) is 5.56 Å². The van der Waals surface area contributed by atoms with E-state index in [0.29, 0.717) is 6.54 Å². The first-order chi connectivity index (χ1) is 11.6. The minimum atomic E-state index is -0.251. The molecule has 24 heavy (non-hydrogen) atoms. The number of aromatic nitrogens is 1. The van der Waals surface area contributed by atoms with Crippen LogP contribution in [-0.4, -0.2) is 4.57 Å². The molecule has 0 aliphatic heterocycles. The van der Waals surface area contributed by atoms with E-state index in [2.05, 4.69) is 0 Å². The predicted molar refractivity (Wildman–Crippen MR) is 95.9 cm³/mol. The van der Waals surface area contributed by atoms with E-state index < -0.39 is 0 Å². The fraction of sp³-hybridized carbons (Fsp3) is 0.143. The van der Waals surface area contributed by atoms with Crippen molar-refractivity contribution in [2.45, 2.75) is 20.4 Å². The minimum Gasteiger partial charge on any atom is -0.303 e. The molecule has 0 unspecified atom stereocenters. The molecular formula is C21H18N2O. The van der Waals surface area contributed by atoms with Gasteiger partial charge in [0.05, 0.1) is 12.2 Å². The van der Waals surface area contributed by atoms with E-state index in [1.54, 1.807) is 10.6 Å². The molecule has 3 rings (SSSR count). The molecular weight excluding hydrogens is 296 g/mol. The number of nitriles is 1. The highest BCUT2D eigenvalue weighted by Gasteiger charge is 2.11. The number of benzene rings is 2. The Morgan fingerprint density at radius 3 is 2.33 bits per heavy atom. The highest BCUT2D eigenvalue weighted by molar-refractivity contribution is 5.61. The third-order valence-corrected chi connectivity index (χ3v) is 4.23. The summed E-state index contributed by atoms with van der Waals surface area (Å²) in [7, 11) is 0. The van der Waals surface area contributed by atoms with Crippen LogP contribution in [0.3, 0.4) is 0 Å². The van der Waals surface area contributed by atoms with Gasteiger partial charge >= 0.3 is 0 Å². The van der Waals surface area contributed by atoms with Gasteiger partial charge in [0, 0.05) is 0 Å². The van der Waals surface area contributed by atoms with Gasteiger partial charge in [0.25, 0.3) is 5.56 Å². The normalized spacial score (nSPS) is 10.4. The molecule has 0 saturated carbocycles. The van der Waals surface area contributed by atoms with Crippen molar-refractivity contribution in [2.75, 3.05) is 0 Å². The fourth-order valence-corrected chi connectivity index (χ4v) is 2.75. The average molecular weight is 314 g/mol. The second kappa shape index (κ2) is 6.55. The first-order valence-corrected chi connectivity index (χ1v) is 7.85. The molecule has 2 aromatic carbocycles. The summed E-state index contributed by atoms with van der Waals surface area (Å²) in [5.74, 6) is 0. The fourth-order valence-electron chi connectivity index (χ4n) is 2.75. The second-order valence-corrected chi connectivity index (χ2v) is 5.93. The monoisotopic (exact) mass is 314 g/mol. The SMILES string of the molecule is Cc1ccc(-c2ccc(C#N)c(=O)n2Cc2ccccc2C)cc1. The third kappa shape index (κ3) is 3.00. The molecule has 0 radical (unpaired) electrons. The number of rotatable bonds is 3. The molecule has 0 bridgehead atoms.